The quantitative estimate of drug-likeness (QED) is 0.249. The first-order valence-corrected chi connectivity index (χ1v) is 16.6. The Hall–Kier alpha value is -3.78. The molecule has 4 atom stereocenters. The molecule has 0 aliphatic heterocycles. The van der Waals surface area contributed by atoms with Crippen LogP contribution in [0.25, 0.3) is 0 Å². The van der Waals surface area contributed by atoms with Crippen LogP contribution in [0.5, 0.6) is 0 Å². The molecule has 1 fully saturated rings. The number of benzene rings is 2. The van der Waals surface area contributed by atoms with E-state index in [1.807, 2.05) is 0 Å². The summed E-state index contributed by atoms with van der Waals surface area (Å²) in [7, 11) is 0. The number of hydrogen-bond donors (Lipinski definition) is 0. The van der Waals surface area contributed by atoms with Gasteiger partial charge in [0.25, 0.3) is 0 Å². The summed E-state index contributed by atoms with van der Waals surface area (Å²) in [5, 5.41) is 0. The van der Waals surface area contributed by atoms with Crippen LogP contribution in [0, 0.1) is 11.8 Å². The number of fused-ring (bicyclic) bond motifs is 1. The predicted molar refractivity (Wildman–Crippen MR) is 185 cm³/mol. The zero-order valence-electron chi connectivity index (χ0n) is 26.3. The molecule has 4 aliphatic rings. The van der Waals surface area contributed by atoms with Gasteiger partial charge in [-0.2, -0.15) is 0 Å². The van der Waals surface area contributed by atoms with E-state index in [4.69, 9.17) is 0 Å². The zero-order chi connectivity index (χ0) is 29.6. The molecular weight excluding hydrogens is 520 g/mol. The van der Waals surface area contributed by atoms with Crippen molar-refractivity contribution in [1.82, 2.24) is 0 Å². The molecule has 2 aromatic carbocycles. The maximum atomic E-state index is 2.71. The molecule has 4 unspecified atom stereocenters. The van der Waals surface area contributed by atoms with Crippen molar-refractivity contribution >= 4 is 11.4 Å². The molecule has 1 saturated carbocycles. The van der Waals surface area contributed by atoms with Crippen molar-refractivity contribution in [3.8, 4) is 0 Å². The van der Waals surface area contributed by atoms with Crippen molar-refractivity contribution in [3.63, 3.8) is 0 Å². The van der Waals surface area contributed by atoms with Gasteiger partial charge in [0.2, 0.25) is 0 Å². The van der Waals surface area contributed by atoms with Crippen LogP contribution in [0.2, 0.25) is 0 Å². The first-order valence-electron chi connectivity index (χ1n) is 16.6. The fourth-order valence-corrected chi connectivity index (χ4v) is 6.89. The highest BCUT2D eigenvalue weighted by atomic mass is 15.2. The second kappa shape index (κ2) is 13.2. The summed E-state index contributed by atoms with van der Waals surface area (Å²) in [5.41, 5.74) is 8.00. The second-order valence-electron chi connectivity index (χ2n) is 13.0. The van der Waals surface area contributed by atoms with Gasteiger partial charge in [-0.05, 0) is 105 Å². The molecule has 4 aliphatic carbocycles. The Kier molecular flexibility index (Phi) is 9.03. The highest BCUT2D eigenvalue weighted by molar-refractivity contribution is 5.64. The summed E-state index contributed by atoms with van der Waals surface area (Å²) < 4.78 is 0. The lowest BCUT2D eigenvalue weighted by atomic mass is 9.96. The summed E-state index contributed by atoms with van der Waals surface area (Å²) >= 11 is 0. The lowest BCUT2D eigenvalue weighted by Gasteiger charge is -2.35. The number of rotatable bonds is 11. The number of para-hydroxylation sites is 1. The predicted octanol–water partition coefficient (Wildman–Crippen LogP) is 10.8. The molecule has 222 valence electrons. The third-order valence-electron chi connectivity index (χ3n) is 9.84. The van der Waals surface area contributed by atoms with Crippen LogP contribution in [0.1, 0.15) is 77.2 Å². The van der Waals surface area contributed by atoms with Crippen molar-refractivity contribution in [3.05, 3.63) is 144 Å². The molecule has 0 radical (unpaired) electrons. The van der Waals surface area contributed by atoms with E-state index in [1.165, 1.54) is 66.0 Å². The number of anilines is 2. The van der Waals surface area contributed by atoms with Gasteiger partial charge in [0.15, 0.2) is 0 Å². The molecule has 2 nitrogen and oxygen atoms in total. The Morgan fingerprint density at radius 2 is 1.77 bits per heavy atom. The summed E-state index contributed by atoms with van der Waals surface area (Å²) in [4.78, 5) is 5.08. The second-order valence-corrected chi connectivity index (χ2v) is 13.0. The van der Waals surface area contributed by atoms with Crippen LogP contribution >= 0.6 is 0 Å². The lowest BCUT2D eigenvalue weighted by Crippen LogP contribution is -2.40. The maximum absolute atomic E-state index is 2.71. The van der Waals surface area contributed by atoms with Crippen LogP contribution in [0.4, 0.5) is 11.4 Å². The van der Waals surface area contributed by atoms with Gasteiger partial charge in [-0.25, -0.2) is 0 Å². The Labute approximate surface area is 260 Å². The molecule has 6 rings (SSSR count). The van der Waals surface area contributed by atoms with E-state index in [1.54, 1.807) is 0 Å². The Morgan fingerprint density at radius 3 is 2.51 bits per heavy atom. The van der Waals surface area contributed by atoms with Crippen LogP contribution in [0.15, 0.2) is 138 Å². The molecule has 2 heteroatoms. The van der Waals surface area contributed by atoms with Gasteiger partial charge in [0.1, 0.15) is 0 Å². The first kappa shape index (κ1) is 29.3. The van der Waals surface area contributed by atoms with Gasteiger partial charge in [-0.3, -0.25) is 0 Å². The topological polar surface area (TPSA) is 6.48 Å². The van der Waals surface area contributed by atoms with E-state index >= 15 is 0 Å². The minimum Gasteiger partial charge on any atom is -0.358 e. The highest BCUT2D eigenvalue weighted by Crippen LogP contribution is 2.56. The summed E-state index contributed by atoms with van der Waals surface area (Å²) in [6.45, 7) is 7.99. The maximum Gasteiger partial charge on any atom is 0.0621 e. The van der Waals surface area contributed by atoms with Gasteiger partial charge in [-0.15, -0.1) is 0 Å². The average Bonchev–Trinajstić information content (AvgIpc) is 3.84. The first-order chi connectivity index (χ1) is 21.1. The van der Waals surface area contributed by atoms with Gasteiger partial charge >= 0.3 is 0 Å². The van der Waals surface area contributed by atoms with Crippen molar-refractivity contribution < 1.29 is 0 Å². The summed E-state index contributed by atoms with van der Waals surface area (Å²) in [5.74, 6) is 1.78. The smallest absolute Gasteiger partial charge is 0.0621 e. The van der Waals surface area contributed by atoms with E-state index in [9.17, 15) is 0 Å². The lowest BCUT2D eigenvalue weighted by molar-refractivity contribution is 0.565. The molecule has 0 bridgehead atoms. The van der Waals surface area contributed by atoms with Crippen LogP contribution in [-0.4, -0.2) is 12.1 Å². The molecule has 0 amide bonds. The van der Waals surface area contributed by atoms with Crippen molar-refractivity contribution in [2.75, 3.05) is 16.3 Å². The third kappa shape index (κ3) is 6.59. The fraction of sp³-hybridized carbons (Fsp3) is 0.366. The minimum absolute atomic E-state index is 0.204. The molecule has 0 spiro atoms. The number of allylic oxidation sites excluding steroid dienone is 10. The third-order valence-corrected chi connectivity index (χ3v) is 9.84. The minimum atomic E-state index is 0.204. The van der Waals surface area contributed by atoms with Crippen molar-refractivity contribution in [2.45, 2.75) is 77.2 Å². The highest BCUT2D eigenvalue weighted by Gasteiger charge is 2.56. The van der Waals surface area contributed by atoms with Gasteiger partial charge in [-0.1, -0.05) is 105 Å². The van der Waals surface area contributed by atoms with Crippen LogP contribution in [0.3, 0.4) is 0 Å². The average molecular weight is 569 g/mol. The van der Waals surface area contributed by atoms with Crippen LogP contribution in [-0.2, 0) is 0 Å². The monoisotopic (exact) mass is 568 g/mol. The van der Waals surface area contributed by atoms with Crippen molar-refractivity contribution in [2.24, 2.45) is 11.8 Å². The molecule has 0 N–H and O–H groups in total. The van der Waals surface area contributed by atoms with E-state index < -0.39 is 0 Å². The van der Waals surface area contributed by atoms with Gasteiger partial charge in [0, 0.05) is 35.2 Å². The van der Waals surface area contributed by atoms with Gasteiger partial charge < -0.3 is 9.80 Å². The largest absolute Gasteiger partial charge is 0.358 e. The van der Waals surface area contributed by atoms with Gasteiger partial charge in [0.05, 0.1) is 5.54 Å². The standard InChI is InChI=1S/C41H48N2/c1-4-32(2)21-22-33(3)31-42(41-29-12-11-15-36(41)30-41)37-26-23-35(24-27-37)34-14-13-20-40(28-25-34)43(38-16-7-5-8-17-38)39-18-9-6-10-19-39/h5,7-9,12-14,16-20,22-29,32,34,36H,4,6,10-11,15,21,30-31H2,1-3H3/b33-22+. The Bertz CT molecular complexity index is 1470. The van der Waals surface area contributed by atoms with E-state index in [2.05, 4.69) is 152 Å². The molecule has 43 heavy (non-hydrogen) atoms. The summed E-state index contributed by atoms with van der Waals surface area (Å²) in [6.07, 6.45) is 34.2. The summed E-state index contributed by atoms with van der Waals surface area (Å²) in [6, 6.07) is 20.2. The zero-order valence-corrected chi connectivity index (χ0v) is 26.3. The Balaban J connectivity index is 1.22. The molecular formula is C41H48N2. The fourth-order valence-electron chi connectivity index (χ4n) is 6.89. The van der Waals surface area contributed by atoms with E-state index in [0.717, 1.165) is 31.2 Å². The number of nitrogens with zero attached hydrogens (tertiary/aromatic N) is 2. The SMILES string of the molecule is CCC(C)C/C=C(\C)CN(c1ccc(C2C=CC=C(N(C3=CCCC=C3)c3ccccc3)C=C2)cc1)C12C=CCCC1C2. The normalized spacial score (nSPS) is 25.0. The molecule has 0 aromatic heterocycles. The molecule has 2 aromatic rings. The van der Waals surface area contributed by atoms with E-state index in [-0.39, 0.29) is 11.5 Å². The number of hydrogen-bond acceptors (Lipinski definition) is 2. The van der Waals surface area contributed by atoms with Crippen LogP contribution < -0.4 is 9.80 Å². The van der Waals surface area contributed by atoms with E-state index in [0.29, 0.717) is 0 Å². The van der Waals surface area contributed by atoms with Crippen molar-refractivity contribution in [1.29, 1.82) is 0 Å². The molecule has 0 heterocycles. The molecule has 0 saturated heterocycles. The Morgan fingerprint density at radius 1 is 0.930 bits per heavy atom.